The van der Waals surface area contributed by atoms with Crippen molar-refractivity contribution in [2.24, 2.45) is 11.8 Å². The lowest BCUT2D eigenvalue weighted by atomic mass is 9.83. The number of hydrogen-bond donors (Lipinski definition) is 1. The van der Waals surface area contributed by atoms with Crippen LogP contribution < -0.4 is 0 Å². The number of benzene rings is 2. The number of non-ortho nitro benzene ring substituents is 1. The molecule has 2 saturated heterocycles. The van der Waals surface area contributed by atoms with E-state index in [1.165, 1.54) is 24.1 Å². The second-order valence-electron chi connectivity index (χ2n) is 12.8. The number of amides is 1. The van der Waals surface area contributed by atoms with Crippen molar-refractivity contribution in [1.82, 2.24) is 14.7 Å². The summed E-state index contributed by atoms with van der Waals surface area (Å²) in [5.74, 6) is 0.207. The SMILES string of the molecule is CN(C(=O)OCCc1ccc([N+](=O)[O-])cc1)C1CCN(C[C@H]2CN([C@@H](C(=O)O)C3CCCCC3)C[C@@H]2c2ccccc2)CC1. The van der Waals surface area contributed by atoms with E-state index >= 15 is 0 Å². The van der Waals surface area contributed by atoms with Crippen molar-refractivity contribution in [2.75, 3.05) is 46.4 Å². The number of ether oxygens (including phenoxy) is 1. The van der Waals surface area contributed by atoms with Gasteiger partial charge in [-0.15, -0.1) is 0 Å². The normalized spacial score (nSPS) is 22.8. The zero-order chi connectivity index (χ0) is 31.1. The Balaban J connectivity index is 1.13. The summed E-state index contributed by atoms with van der Waals surface area (Å²) in [4.78, 5) is 42.2. The number of aliphatic carboxylic acids is 1. The summed E-state index contributed by atoms with van der Waals surface area (Å²) in [5.41, 5.74) is 2.22. The number of nitro benzene ring substituents is 1. The van der Waals surface area contributed by atoms with Crippen molar-refractivity contribution in [2.45, 2.75) is 69.4 Å². The van der Waals surface area contributed by atoms with E-state index in [4.69, 9.17) is 4.74 Å². The van der Waals surface area contributed by atoms with Crippen molar-refractivity contribution >= 4 is 17.7 Å². The number of piperidine rings is 1. The van der Waals surface area contributed by atoms with E-state index in [2.05, 4.69) is 34.1 Å². The first-order valence-corrected chi connectivity index (χ1v) is 16.2. The minimum Gasteiger partial charge on any atom is -0.480 e. The van der Waals surface area contributed by atoms with Crippen molar-refractivity contribution in [3.63, 3.8) is 0 Å². The van der Waals surface area contributed by atoms with Crippen molar-refractivity contribution in [3.8, 4) is 0 Å². The molecule has 44 heavy (non-hydrogen) atoms. The molecule has 3 aliphatic rings. The highest BCUT2D eigenvalue weighted by Gasteiger charge is 2.43. The molecule has 10 nitrogen and oxygen atoms in total. The molecule has 0 aromatic heterocycles. The zero-order valence-corrected chi connectivity index (χ0v) is 25.8. The van der Waals surface area contributed by atoms with Crippen LogP contribution in [0.5, 0.6) is 0 Å². The van der Waals surface area contributed by atoms with Gasteiger partial charge in [-0.3, -0.25) is 19.8 Å². The maximum Gasteiger partial charge on any atom is 0.409 e. The molecule has 2 aromatic carbocycles. The molecule has 2 aromatic rings. The Kier molecular flexibility index (Phi) is 10.9. The summed E-state index contributed by atoms with van der Waals surface area (Å²) in [5, 5.41) is 21.1. The number of likely N-dealkylation sites (tertiary alicyclic amines) is 2. The predicted octanol–water partition coefficient (Wildman–Crippen LogP) is 5.42. The molecule has 1 aliphatic carbocycles. The fraction of sp³-hybridized carbons (Fsp3) is 0.588. The Morgan fingerprint density at radius 3 is 2.32 bits per heavy atom. The van der Waals surface area contributed by atoms with Crippen LogP contribution in [0.1, 0.15) is 62.0 Å². The van der Waals surface area contributed by atoms with Crippen LogP contribution in [-0.2, 0) is 16.0 Å². The number of hydrogen-bond acceptors (Lipinski definition) is 7. The first kappa shape index (κ1) is 31.9. The van der Waals surface area contributed by atoms with Gasteiger partial charge in [0.2, 0.25) is 0 Å². The quantitative estimate of drug-likeness (QED) is 0.266. The second kappa shape index (κ2) is 15.0. The number of carbonyl (C=O) groups is 2. The average Bonchev–Trinajstić information content (AvgIpc) is 3.44. The third-order valence-corrected chi connectivity index (χ3v) is 10.1. The van der Waals surface area contributed by atoms with E-state index in [9.17, 15) is 24.8 Å². The van der Waals surface area contributed by atoms with Gasteiger partial charge in [0.1, 0.15) is 6.04 Å². The van der Waals surface area contributed by atoms with Crippen LogP contribution in [-0.4, -0.2) is 95.3 Å². The number of nitrogens with zero attached hydrogens (tertiary/aromatic N) is 4. The zero-order valence-electron chi connectivity index (χ0n) is 25.8. The fourth-order valence-electron chi connectivity index (χ4n) is 7.61. The van der Waals surface area contributed by atoms with Gasteiger partial charge < -0.3 is 19.6 Å². The van der Waals surface area contributed by atoms with E-state index in [0.29, 0.717) is 18.3 Å². The average molecular weight is 607 g/mol. The highest BCUT2D eigenvalue weighted by Crippen LogP contribution is 2.38. The van der Waals surface area contributed by atoms with Gasteiger partial charge in [0.15, 0.2) is 0 Å². The topological polar surface area (TPSA) is 116 Å². The third kappa shape index (κ3) is 7.95. The van der Waals surface area contributed by atoms with Gasteiger partial charge >= 0.3 is 12.1 Å². The number of nitro groups is 1. The van der Waals surface area contributed by atoms with Gasteiger partial charge in [-0.2, -0.15) is 0 Å². The second-order valence-corrected chi connectivity index (χ2v) is 12.8. The molecule has 2 aliphatic heterocycles. The lowest BCUT2D eigenvalue weighted by Crippen LogP contribution is -2.48. The van der Waals surface area contributed by atoms with Gasteiger partial charge in [-0.05, 0) is 48.6 Å². The van der Waals surface area contributed by atoms with Crippen molar-refractivity contribution in [1.29, 1.82) is 0 Å². The van der Waals surface area contributed by atoms with Crippen LogP contribution in [0.15, 0.2) is 54.6 Å². The summed E-state index contributed by atoms with van der Waals surface area (Å²) in [6, 6.07) is 16.6. The Hall–Kier alpha value is -3.50. The number of carbonyl (C=O) groups excluding carboxylic acids is 1. The lowest BCUT2D eigenvalue weighted by Gasteiger charge is -2.38. The van der Waals surface area contributed by atoms with Crippen molar-refractivity contribution < 1.29 is 24.4 Å². The molecule has 10 heteroatoms. The highest BCUT2D eigenvalue weighted by atomic mass is 16.6. The standard InChI is InChI=1S/C34H46N4O6/c1-35(34(41)44-21-18-25-12-14-30(15-13-25)38(42)43)29-16-19-36(20-17-29)22-28-23-37(24-31(28)26-8-4-2-5-9-26)32(33(39)40)27-10-6-3-7-11-27/h2,4-5,8-9,12-15,27-29,31-32H,3,6-7,10-11,16-24H2,1H3,(H,39,40)/t28-,31+,32+/m0/s1. The van der Waals surface area contributed by atoms with Gasteiger partial charge in [0, 0.05) is 70.3 Å². The maximum absolute atomic E-state index is 12.8. The monoisotopic (exact) mass is 606 g/mol. The smallest absolute Gasteiger partial charge is 0.409 e. The molecule has 0 bridgehead atoms. The van der Waals surface area contributed by atoms with E-state index in [-0.39, 0.29) is 30.3 Å². The van der Waals surface area contributed by atoms with E-state index < -0.39 is 16.9 Å². The van der Waals surface area contributed by atoms with Crippen LogP contribution in [0.4, 0.5) is 10.5 Å². The van der Waals surface area contributed by atoms with Crippen molar-refractivity contribution in [3.05, 3.63) is 75.8 Å². The van der Waals surface area contributed by atoms with E-state index in [1.54, 1.807) is 24.1 Å². The molecule has 0 unspecified atom stereocenters. The molecule has 5 rings (SSSR count). The summed E-state index contributed by atoms with van der Waals surface area (Å²) in [6.45, 7) is 4.49. The summed E-state index contributed by atoms with van der Waals surface area (Å²) in [6.07, 6.45) is 7.37. The number of carboxylic acids is 1. The molecule has 1 N–H and O–H groups in total. The summed E-state index contributed by atoms with van der Waals surface area (Å²) in [7, 11) is 1.80. The van der Waals surface area contributed by atoms with Gasteiger partial charge in [-0.25, -0.2) is 4.79 Å². The van der Waals surface area contributed by atoms with Crippen LogP contribution in [0.2, 0.25) is 0 Å². The predicted molar refractivity (Wildman–Crippen MR) is 168 cm³/mol. The van der Waals surface area contributed by atoms with Gasteiger partial charge in [-0.1, -0.05) is 61.7 Å². The summed E-state index contributed by atoms with van der Waals surface area (Å²) >= 11 is 0. The first-order valence-electron chi connectivity index (χ1n) is 16.2. The van der Waals surface area contributed by atoms with Crippen LogP contribution in [0.25, 0.3) is 0 Å². The molecule has 1 amide bonds. The third-order valence-electron chi connectivity index (χ3n) is 10.1. The number of rotatable bonds is 11. The Morgan fingerprint density at radius 1 is 1.00 bits per heavy atom. The summed E-state index contributed by atoms with van der Waals surface area (Å²) < 4.78 is 5.53. The van der Waals surface area contributed by atoms with Gasteiger partial charge in [0.25, 0.3) is 5.69 Å². The van der Waals surface area contributed by atoms with E-state index in [1.807, 2.05) is 6.07 Å². The Labute approximate surface area is 260 Å². The number of carboxylic acid groups (broad SMARTS) is 1. The lowest BCUT2D eigenvalue weighted by molar-refractivity contribution is -0.384. The van der Waals surface area contributed by atoms with Gasteiger partial charge in [0.05, 0.1) is 11.5 Å². The first-order chi connectivity index (χ1) is 21.3. The highest BCUT2D eigenvalue weighted by molar-refractivity contribution is 5.74. The molecule has 2 heterocycles. The molecule has 238 valence electrons. The molecule has 1 saturated carbocycles. The van der Waals surface area contributed by atoms with Crippen LogP contribution in [0.3, 0.4) is 0 Å². The fourth-order valence-corrected chi connectivity index (χ4v) is 7.61. The molecular formula is C34H46N4O6. The minimum absolute atomic E-state index is 0.0431. The van der Waals surface area contributed by atoms with Crippen LogP contribution in [0, 0.1) is 22.0 Å². The molecule has 0 spiro atoms. The Bertz CT molecular complexity index is 1240. The van der Waals surface area contributed by atoms with E-state index in [0.717, 1.165) is 76.8 Å². The Morgan fingerprint density at radius 2 is 1.68 bits per heavy atom. The maximum atomic E-state index is 12.8. The molecule has 3 fully saturated rings. The largest absolute Gasteiger partial charge is 0.480 e. The molecular weight excluding hydrogens is 560 g/mol. The molecule has 3 atom stereocenters. The molecule has 0 radical (unpaired) electrons. The van der Waals surface area contributed by atoms with Crippen LogP contribution >= 0.6 is 0 Å². The minimum atomic E-state index is -0.673.